The van der Waals surface area contributed by atoms with Crippen molar-refractivity contribution in [2.24, 2.45) is 69.5 Å². The van der Waals surface area contributed by atoms with Crippen molar-refractivity contribution in [1.82, 2.24) is 0 Å². The Bertz CT molecular complexity index is 5780. The van der Waals surface area contributed by atoms with Crippen LogP contribution in [0.1, 0.15) is 193 Å². The van der Waals surface area contributed by atoms with Crippen molar-refractivity contribution in [3.05, 3.63) is 269 Å². The van der Waals surface area contributed by atoms with Gasteiger partial charge < -0.3 is 37.3 Å². The Balaban J connectivity index is 0.000000134. The molecule has 0 amide bonds. The van der Waals surface area contributed by atoms with E-state index in [9.17, 15) is 102 Å². The SMILES string of the molecule is Cc1ccc([S+](c2ccc(C)cc2)c2ccc(C(F)(F)F)cc2)cc1.Cc1ccc([S+](c2ccc(C3CCCCC3)cc2)c2ccc(C(F)(F)F)cc2)cc1.Cc1ccc([S+](c2ccc(F)cc2)c2ccc(F)cc2)cc1.O=C(OCC(F)(F)S(=O)(=O)[O-])C12CC3CC(CC(C3)C1)C2.O=C(OCC(F)S(=O)(=O)[O-])OCC12CC3CC(CC(C3)C1)C2.O=C(OCC12CC3CC(CC(C3)C1)C2)OCS(=O)(=O)[O-]. The molecule has 2 unspecified atom stereocenters. The van der Waals surface area contributed by atoms with E-state index in [1.54, 1.807) is 48.5 Å². The number of rotatable bonds is 23. The van der Waals surface area contributed by atoms with Crippen LogP contribution in [-0.4, -0.2) is 100 Å². The fourth-order valence-electron chi connectivity index (χ4n) is 23.4. The summed E-state index contributed by atoms with van der Waals surface area (Å²) in [7, 11) is -16.7. The summed E-state index contributed by atoms with van der Waals surface area (Å²) in [6, 6.07) is 65.9. The fraction of sp³-hybridized carbons (Fsp3) is 0.462. The first-order valence-corrected chi connectivity index (χ1v) is 55.3. The van der Waals surface area contributed by atoms with Gasteiger partial charge in [-0.2, -0.15) is 35.1 Å². The molecule has 0 N–H and O–H groups in total. The lowest BCUT2D eigenvalue weighted by Crippen LogP contribution is -2.51. The topological polar surface area (TPSA) is 269 Å². The Hall–Kier alpha value is -9.00. The maximum Gasteiger partial charge on any atom is 0.509 e. The maximum absolute atomic E-state index is 13.2. The van der Waals surface area contributed by atoms with Crippen LogP contribution in [0.25, 0.3) is 0 Å². The highest BCUT2D eigenvalue weighted by Crippen LogP contribution is 2.63. The molecule has 0 saturated heterocycles. The van der Waals surface area contributed by atoms with Crippen LogP contribution in [0.5, 0.6) is 0 Å². The minimum Gasteiger partial charge on any atom is -0.746 e. The third-order valence-corrected chi connectivity index (χ3v) is 37.4. The van der Waals surface area contributed by atoms with Crippen LogP contribution in [0.3, 0.4) is 0 Å². The zero-order valence-corrected chi connectivity index (χ0v) is 82.9. The Morgan fingerprint density at radius 2 is 0.629 bits per heavy atom. The van der Waals surface area contributed by atoms with Crippen molar-refractivity contribution in [3.63, 3.8) is 0 Å². The second kappa shape index (κ2) is 45.1. The van der Waals surface area contributed by atoms with Gasteiger partial charge in [0.05, 0.1) is 49.2 Å². The van der Waals surface area contributed by atoms with Crippen molar-refractivity contribution >= 4 is 81.3 Å². The molecule has 754 valence electrons. The standard InChI is InChI=1S/C26H26F3S.C21H18F3S.C19H15F2S.C14H21FO6S.C13H18F2O5S.C13H20O6S/c1-19-7-13-23(14-8-19)30(25-17-11-22(12-18-25)26(27,28)29)24-15-9-21(10-16-24)20-5-3-2-4-6-20;1-15-3-9-18(10-4-15)25(19-11-5-16(2)6-12-19)20-13-7-17(8-14-20)21(22,23)24;1-14-2-8-17(9-3-14)22(18-10-4-15(20)5-11-18)19-12-6-16(21)7-13-19;15-12(22(17,18)19)7-20-13(16)21-8-14-4-9-1-10(5-14)3-11(2-9)6-14;14-13(15,21(17,18)19)7-20-11(16)12-4-8-1-9(5-12)3-10(2-8)6-12;14-12(19-8-20(15,16)17)18-7-13-4-9-1-10(5-13)3-11(2-9)6-13/h7-18,20H,2-6H2,1H3;3-14H,1-2H3;2-13H,1H3;9-12H,1-8H2,(H,17,18,19);8-10H,1-7H2,(H,17,18,19);9-11H,1-8H2,(H,15,16,17)/q3*+1;;;/p-3. The van der Waals surface area contributed by atoms with Crippen LogP contribution < -0.4 is 0 Å². The Morgan fingerprint density at radius 1 is 0.364 bits per heavy atom. The quantitative estimate of drug-likeness (QED) is 0.0189. The Morgan fingerprint density at radius 3 is 0.900 bits per heavy atom. The predicted molar refractivity (Wildman–Crippen MR) is 505 cm³/mol. The molecule has 34 heteroatoms. The largest absolute Gasteiger partial charge is 0.746 e. The minimum absolute atomic E-state index is 0.00744. The number of halogens is 11. The smallest absolute Gasteiger partial charge is 0.509 e. The molecule has 140 heavy (non-hydrogen) atoms. The summed E-state index contributed by atoms with van der Waals surface area (Å²) in [5, 5.41) is -4.56. The van der Waals surface area contributed by atoms with Gasteiger partial charge in [0.25, 0.3) is 0 Å². The number of aryl methyl sites for hydroxylation is 4. The molecule has 13 fully saturated rings. The van der Waals surface area contributed by atoms with Gasteiger partial charge in [-0.3, -0.25) is 4.79 Å². The van der Waals surface area contributed by atoms with Crippen LogP contribution in [0.4, 0.5) is 57.9 Å². The molecule has 22 rings (SSSR count). The van der Waals surface area contributed by atoms with E-state index in [1.165, 1.54) is 124 Å². The van der Waals surface area contributed by atoms with Crippen LogP contribution in [0.2, 0.25) is 0 Å². The normalized spacial score (nSPS) is 24.6. The monoisotopic (exact) mass is 2060 g/mol. The molecule has 9 aromatic rings. The zero-order valence-electron chi connectivity index (χ0n) is 78.0. The van der Waals surface area contributed by atoms with Gasteiger partial charge in [-0.1, -0.05) is 102 Å². The number of benzene rings is 9. The second-order valence-electron chi connectivity index (χ2n) is 39.8. The molecule has 17 nitrogen and oxygen atoms in total. The third-order valence-electron chi connectivity index (χ3n) is 28.6. The van der Waals surface area contributed by atoms with E-state index in [2.05, 4.69) is 111 Å². The summed E-state index contributed by atoms with van der Waals surface area (Å²) < 4.78 is 260. The van der Waals surface area contributed by atoms with Crippen molar-refractivity contribution in [1.29, 1.82) is 0 Å². The van der Waals surface area contributed by atoms with Gasteiger partial charge in [0.15, 0.2) is 66.7 Å². The Kier molecular flexibility index (Phi) is 34.4. The zero-order chi connectivity index (χ0) is 100. The molecule has 13 aliphatic carbocycles. The Labute approximate surface area is 820 Å². The lowest BCUT2D eigenvalue weighted by Gasteiger charge is -2.56. The molecule has 12 bridgehead atoms. The number of hydrogen-bond donors (Lipinski definition) is 0. The molecule has 13 aliphatic rings. The van der Waals surface area contributed by atoms with Crippen molar-refractivity contribution in [2.45, 2.75) is 248 Å². The van der Waals surface area contributed by atoms with Gasteiger partial charge >= 0.3 is 35.9 Å². The van der Waals surface area contributed by atoms with Gasteiger partial charge in [-0.05, 0) is 379 Å². The van der Waals surface area contributed by atoms with Crippen molar-refractivity contribution in [3.8, 4) is 0 Å². The van der Waals surface area contributed by atoms with E-state index in [-0.39, 0.29) is 46.6 Å². The average Bonchev–Trinajstić information content (AvgIpc) is 0.733. The number of ether oxygens (including phenoxy) is 5. The highest BCUT2D eigenvalue weighted by atomic mass is 32.2. The van der Waals surface area contributed by atoms with Crippen LogP contribution in [-0.2, 0) is 104 Å². The lowest BCUT2D eigenvalue weighted by atomic mass is 9.49. The summed E-state index contributed by atoms with van der Waals surface area (Å²) in [4.78, 5) is 44.4. The predicted octanol–water partition coefficient (Wildman–Crippen LogP) is 25.9. The molecule has 0 radical (unpaired) electrons. The molecular formula is C106H115F11O17S6. The molecule has 0 spiro atoms. The lowest BCUT2D eigenvalue weighted by molar-refractivity contribution is -0.177. The van der Waals surface area contributed by atoms with E-state index in [1.807, 2.05) is 52.0 Å². The molecule has 9 aromatic carbocycles. The molecule has 0 aliphatic heterocycles. The number of carbonyl (C=O) groups excluding carboxylic acids is 3. The summed E-state index contributed by atoms with van der Waals surface area (Å²) >= 11 is 0. The molecule has 0 aromatic heterocycles. The second-order valence-corrected chi connectivity index (χ2v) is 50.3. The number of alkyl halides is 9. The highest BCUT2D eigenvalue weighted by Gasteiger charge is 2.58. The van der Waals surface area contributed by atoms with Gasteiger partial charge in [0, 0.05) is 10.8 Å². The molecular weight excluding hydrogens is 1950 g/mol. The van der Waals surface area contributed by atoms with Gasteiger partial charge in [-0.25, -0.2) is 48.0 Å². The minimum atomic E-state index is -5.81. The molecule has 13 saturated carbocycles. The first-order valence-electron chi connectivity index (χ1n) is 47.2. The van der Waals surface area contributed by atoms with Gasteiger partial charge in [0.2, 0.25) is 5.50 Å². The fourth-order valence-corrected chi connectivity index (χ4v) is 30.3. The van der Waals surface area contributed by atoms with Crippen LogP contribution in [0, 0.1) is 109 Å². The van der Waals surface area contributed by atoms with E-state index >= 15 is 0 Å². The van der Waals surface area contributed by atoms with E-state index < -0.39 is 129 Å². The van der Waals surface area contributed by atoms with E-state index in [0.717, 1.165) is 143 Å². The van der Waals surface area contributed by atoms with Crippen LogP contribution in [0.15, 0.2) is 262 Å². The van der Waals surface area contributed by atoms with Crippen LogP contribution >= 0.6 is 0 Å². The average molecular weight is 2060 g/mol. The number of carbonyl (C=O) groups is 3. The first-order chi connectivity index (χ1) is 66.1. The molecule has 0 heterocycles. The third kappa shape index (κ3) is 28.6. The van der Waals surface area contributed by atoms with Crippen molar-refractivity contribution in [2.75, 3.05) is 32.4 Å². The highest BCUT2D eigenvalue weighted by molar-refractivity contribution is 7.97. The maximum atomic E-state index is 13.2. The van der Waals surface area contributed by atoms with E-state index in [4.69, 9.17) is 9.47 Å². The summed E-state index contributed by atoms with van der Waals surface area (Å²) in [6.45, 7) is 5.84. The van der Waals surface area contributed by atoms with Gasteiger partial charge in [-0.15, -0.1) is 0 Å². The van der Waals surface area contributed by atoms with Gasteiger partial charge in [0.1, 0.15) is 51.7 Å². The number of hydrogen-bond acceptors (Lipinski definition) is 17. The number of esters is 1. The summed E-state index contributed by atoms with van der Waals surface area (Å²) in [6.07, 6.45) is 14.9. The molecule has 2 atom stereocenters. The first kappa shape index (κ1) is 107. The van der Waals surface area contributed by atoms with Crippen molar-refractivity contribution < 1.29 is 125 Å². The summed E-state index contributed by atoms with van der Waals surface area (Å²) in [5.74, 6) is 3.93. The van der Waals surface area contributed by atoms with E-state index in [0.29, 0.717) is 60.7 Å². The summed E-state index contributed by atoms with van der Waals surface area (Å²) in [5.41, 5.74) is 1.41.